The van der Waals surface area contributed by atoms with Crippen molar-refractivity contribution in [3.05, 3.63) is 228 Å². The third kappa shape index (κ3) is 4.24. The molecule has 2 aliphatic carbocycles. The molecule has 1 spiro atoms. The molecule has 10 aromatic rings. The second kappa shape index (κ2) is 11.9. The molecule has 2 aliphatic rings. The van der Waals surface area contributed by atoms with E-state index in [4.69, 9.17) is 0 Å². The summed E-state index contributed by atoms with van der Waals surface area (Å²) in [5, 5.41) is 14.6. The van der Waals surface area contributed by atoms with E-state index < -0.39 is 5.41 Å². The van der Waals surface area contributed by atoms with Gasteiger partial charge in [-0.05, 0) is 123 Å². The number of anilines is 3. The molecule has 57 heavy (non-hydrogen) atoms. The van der Waals surface area contributed by atoms with Crippen LogP contribution in [0.15, 0.2) is 200 Å². The van der Waals surface area contributed by atoms with Crippen molar-refractivity contribution < 1.29 is 0 Å². The van der Waals surface area contributed by atoms with Gasteiger partial charge in [0, 0.05) is 33.2 Å². The highest BCUT2D eigenvalue weighted by atomic mass is 15.1. The van der Waals surface area contributed by atoms with Crippen molar-refractivity contribution >= 4 is 49.6 Å². The number of aromatic nitrogens is 1. The molecule has 0 fully saturated rings. The maximum atomic E-state index is 9.74. The van der Waals surface area contributed by atoms with Crippen molar-refractivity contribution in [1.29, 1.82) is 5.26 Å². The fourth-order valence-corrected chi connectivity index (χ4v) is 10.2. The van der Waals surface area contributed by atoms with Crippen molar-refractivity contribution in [2.45, 2.75) is 5.41 Å². The molecule has 0 amide bonds. The fourth-order valence-electron chi connectivity index (χ4n) is 10.2. The van der Waals surface area contributed by atoms with Gasteiger partial charge in [-0.3, -0.25) is 0 Å². The van der Waals surface area contributed by atoms with Gasteiger partial charge in [-0.1, -0.05) is 127 Å². The van der Waals surface area contributed by atoms with E-state index >= 15 is 0 Å². The Kier molecular flexibility index (Phi) is 6.62. The van der Waals surface area contributed by atoms with Gasteiger partial charge in [0.15, 0.2) is 0 Å². The van der Waals surface area contributed by atoms with Crippen LogP contribution in [0.5, 0.6) is 0 Å². The van der Waals surface area contributed by atoms with Crippen LogP contribution >= 0.6 is 0 Å². The van der Waals surface area contributed by atoms with Crippen molar-refractivity contribution in [1.82, 2.24) is 4.57 Å². The molecular weight excluding hydrogens is 691 g/mol. The first-order chi connectivity index (χ1) is 28.3. The van der Waals surface area contributed by atoms with Crippen LogP contribution in [0.2, 0.25) is 0 Å². The SMILES string of the molecule is N#Cc1ccc(N(c2ccccc2)c2cc3c(c4ccccc24)-c2cc4c(cc2C32c3ccccc3-c3ccccc32)c2ccccc2n4-c2ccccc2)cc1. The standard InChI is InChI=1S/C54H33N3/c55-34-35-27-29-38(30-28-35)56(36-15-3-1-4-16-36)52-33-49-53(43-23-8-7-21-41(43)52)45-32-51-44(42-22-11-14-26-50(42)57(51)37-17-5-2-6-18-37)31-48(45)54(49)46-24-12-9-19-39(46)40-20-10-13-25-47(40)54/h1-33H. The minimum absolute atomic E-state index is 0.576. The Morgan fingerprint density at radius 2 is 1.00 bits per heavy atom. The summed E-state index contributed by atoms with van der Waals surface area (Å²) in [5.74, 6) is 0. The minimum Gasteiger partial charge on any atom is -0.310 e. The van der Waals surface area contributed by atoms with Crippen LogP contribution < -0.4 is 4.90 Å². The molecule has 0 radical (unpaired) electrons. The van der Waals surface area contributed by atoms with E-state index in [0.717, 1.165) is 28.1 Å². The molecule has 1 aromatic heterocycles. The molecule has 9 aromatic carbocycles. The second-order valence-corrected chi connectivity index (χ2v) is 15.1. The summed E-state index contributed by atoms with van der Waals surface area (Å²) >= 11 is 0. The predicted molar refractivity (Wildman–Crippen MR) is 234 cm³/mol. The van der Waals surface area contributed by atoms with Gasteiger partial charge in [0.1, 0.15) is 0 Å². The Morgan fingerprint density at radius 1 is 0.421 bits per heavy atom. The lowest BCUT2D eigenvalue weighted by Crippen LogP contribution is -2.26. The van der Waals surface area contributed by atoms with Gasteiger partial charge in [0.25, 0.3) is 0 Å². The van der Waals surface area contributed by atoms with E-state index in [0.29, 0.717) is 5.56 Å². The molecule has 0 saturated heterocycles. The highest BCUT2D eigenvalue weighted by Crippen LogP contribution is 2.65. The van der Waals surface area contributed by atoms with Gasteiger partial charge in [0.05, 0.1) is 33.8 Å². The number of hydrogen-bond acceptors (Lipinski definition) is 2. The van der Waals surface area contributed by atoms with Crippen LogP contribution in [-0.2, 0) is 5.41 Å². The van der Waals surface area contributed by atoms with Crippen LogP contribution in [0, 0.1) is 11.3 Å². The Labute approximate surface area is 330 Å². The molecule has 0 atom stereocenters. The Hall–Kier alpha value is -7.67. The number of benzene rings is 9. The number of nitrogens with zero attached hydrogens (tertiary/aromatic N) is 3. The van der Waals surface area contributed by atoms with Crippen LogP contribution in [0.25, 0.3) is 60.5 Å². The summed E-state index contributed by atoms with van der Waals surface area (Å²) in [5.41, 5.74) is 17.0. The summed E-state index contributed by atoms with van der Waals surface area (Å²) in [6, 6.07) is 75.0. The Bertz CT molecular complexity index is 3250. The lowest BCUT2D eigenvalue weighted by Gasteiger charge is -2.33. The predicted octanol–water partition coefficient (Wildman–Crippen LogP) is 13.6. The third-order valence-electron chi connectivity index (χ3n) is 12.4. The van der Waals surface area contributed by atoms with Gasteiger partial charge in [-0.2, -0.15) is 5.26 Å². The first-order valence-electron chi connectivity index (χ1n) is 19.5. The van der Waals surface area contributed by atoms with E-state index in [-0.39, 0.29) is 0 Å². The van der Waals surface area contributed by atoms with Crippen molar-refractivity contribution in [2.24, 2.45) is 0 Å². The highest BCUT2D eigenvalue weighted by Gasteiger charge is 2.52. The second-order valence-electron chi connectivity index (χ2n) is 15.1. The summed E-state index contributed by atoms with van der Waals surface area (Å²) in [6.07, 6.45) is 0. The van der Waals surface area contributed by atoms with Crippen LogP contribution in [0.4, 0.5) is 17.1 Å². The van der Waals surface area contributed by atoms with E-state index in [1.807, 2.05) is 12.1 Å². The number of nitriles is 1. The zero-order valence-corrected chi connectivity index (χ0v) is 30.9. The zero-order chi connectivity index (χ0) is 37.7. The maximum Gasteiger partial charge on any atom is 0.0991 e. The zero-order valence-electron chi connectivity index (χ0n) is 30.9. The molecule has 0 aliphatic heterocycles. The third-order valence-corrected chi connectivity index (χ3v) is 12.4. The number of rotatable bonds is 4. The van der Waals surface area contributed by atoms with Crippen LogP contribution in [0.1, 0.15) is 27.8 Å². The molecule has 12 rings (SSSR count). The van der Waals surface area contributed by atoms with E-state index in [9.17, 15) is 5.26 Å². The topological polar surface area (TPSA) is 32.0 Å². The summed E-state index contributed by atoms with van der Waals surface area (Å²) in [6.45, 7) is 0. The molecule has 0 N–H and O–H groups in total. The number of hydrogen-bond donors (Lipinski definition) is 0. The van der Waals surface area contributed by atoms with Gasteiger partial charge in [-0.15, -0.1) is 0 Å². The molecule has 264 valence electrons. The van der Waals surface area contributed by atoms with Gasteiger partial charge in [-0.25, -0.2) is 0 Å². The smallest absolute Gasteiger partial charge is 0.0991 e. The summed E-state index contributed by atoms with van der Waals surface area (Å²) in [4.78, 5) is 2.36. The van der Waals surface area contributed by atoms with Gasteiger partial charge >= 0.3 is 0 Å². The molecule has 0 unspecified atom stereocenters. The minimum atomic E-state index is -0.576. The average molecular weight is 724 g/mol. The molecule has 3 nitrogen and oxygen atoms in total. The van der Waals surface area contributed by atoms with Crippen molar-refractivity contribution in [3.8, 4) is 34.0 Å². The molecular formula is C54H33N3. The highest BCUT2D eigenvalue weighted by molar-refractivity contribution is 6.16. The number of fused-ring (bicyclic) bond motifs is 15. The van der Waals surface area contributed by atoms with Gasteiger partial charge in [0.2, 0.25) is 0 Å². The normalized spacial score (nSPS) is 13.0. The molecule has 1 heterocycles. The van der Waals surface area contributed by atoms with Crippen LogP contribution in [-0.4, -0.2) is 4.57 Å². The Morgan fingerprint density at radius 3 is 1.70 bits per heavy atom. The average Bonchev–Trinajstić information content (AvgIpc) is 3.88. The van der Waals surface area contributed by atoms with E-state index in [2.05, 4.69) is 204 Å². The van der Waals surface area contributed by atoms with E-state index in [1.165, 1.54) is 71.7 Å². The van der Waals surface area contributed by atoms with Crippen molar-refractivity contribution in [3.63, 3.8) is 0 Å². The van der Waals surface area contributed by atoms with Crippen molar-refractivity contribution in [2.75, 3.05) is 4.90 Å². The fraction of sp³-hybridized carbons (Fsp3) is 0.0185. The summed E-state index contributed by atoms with van der Waals surface area (Å²) < 4.78 is 2.44. The Balaban J connectivity index is 1.27. The summed E-state index contributed by atoms with van der Waals surface area (Å²) in [7, 11) is 0. The lowest BCUT2D eigenvalue weighted by molar-refractivity contribution is 0.795. The largest absolute Gasteiger partial charge is 0.310 e. The first-order valence-corrected chi connectivity index (χ1v) is 19.5. The lowest BCUT2D eigenvalue weighted by atomic mass is 9.70. The van der Waals surface area contributed by atoms with Gasteiger partial charge < -0.3 is 9.47 Å². The molecule has 3 heteroatoms. The quantitative estimate of drug-likeness (QED) is 0.181. The maximum absolute atomic E-state index is 9.74. The first kappa shape index (κ1) is 31.7. The monoisotopic (exact) mass is 723 g/mol. The molecule has 0 saturated carbocycles. The van der Waals surface area contributed by atoms with Crippen LogP contribution in [0.3, 0.4) is 0 Å². The van der Waals surface area contributed by atoms with E-state index in [1.54, 1.807) is 0 Å². The number of para-hydroxylation sites is 3. The molecule has 0 bridgehead atoms.